The molecule has 0 spiro atoms. The van der Waals surface area contributed by atoms with Crippen LogP contribution in [0.5, 0.6) is 0 Å². The predicted octanol–water partition coefficient (Wildman–Crippen LogP) is 3.69. The molecule has 0 aliphatic carbocycles. The van der Waals surface area contributed by atoms with Crippen LogP contribution in [0.4, 0.5) is 0 Å². The van der Waals surface area contributed by atoms with Crippen LogP contribution in [0.2, 0.25) is 0 Å². The highest BCUT2D eigenvalue weighted by molar-refractivity contribution is 7.59. The van der Waals surface area contributed by atoms with Crippen LogP contribution in [0.15, 0.2) is 29.6 Å². The van der Waals surface area contributed by atoms with E-state index >= 15 is 0 Å². The van der Waals surface area contributed by atoms with Crippen molar-refractivity contribution in [3.63, 3.8) is 0 Å². The van der Waals surface area contributed by atoms with Gasteiger partial charge in [-0.05, 0) is 37.6 Å². The van der Waals surface area contributed by atoms with Crippen molar-refractivity contribution in [1.82, 2.24) is 0 Å². The molecule has 0 bridgehead atoms. The average molecular weight is 290 g/mol. The molecule has 1 rings (SSSR count). The fourth-order valence-electron chi connectivity index (χ4n) is 1.50. The van der Waals surface area contributed by atoms with Crippen molar-refractivity contribution >= 4 is 13.7 Å². The largest absolute Gasteiger partial charge is 0.371 e. The molecule has 20 heavy (non-hydrogen) atoms. The van der Waals surface area contributed by atoms with E-state index < -0.39 is 7.60 Å². The molecule has 0 saturated heterocycles. The number of hydrogen-bond donors (Lipinski definition) is 0. The van der Waals surface area contributed by atoms with Crippen molar-refractivity contribution in [2.45, 2.75) is 13.8 Å². The van der Waals surface area contributed by atoms with Gasteiger partial charge in [0.05, 0.1) is 24.8 Å². The number of rotatable bonds is 6. The molecule has 0 unspecified atom stereocenters. The smallest absolute Gasteiger partial charge is 0.305 e. The summed E-state index contributed by atoms with van der Waals surface area (Å²) in [5, 5.41) is 17.8. The molecule has 0 atom stereocenters. The Hall–Kier alpha value is -1.91. The van der Waals surface area contributed by atoms with Crippen LogP contribution in [0.1, 0.15) is 25.0 Å². The normalized spacial score (nSPS) is 11.7. The molecule has 5 nitrogen and oxygen atoms in total. The first kappa shape index (κ1) is 16.1. The van der Waals surface area contributed by atoms with Crippen LogP contribution < -0.4 is 0 Å². The summed E-state index contributed by atoms with van der Waals surface area (Å²) < 4.78 is 22.7. The van der Waals surface area contributed by atoms with E-state index in [1.54, 1.807) is 38.1 Å². The highest BCUT2D eigenvalue weighted by atomic mass is 31.2. The first-order valence-electron chi connectivity index (χ1n) is 6.11. The topological polar surface area (TPSA) is 83.1 Å². The molecule has 0 radical (unpaired) electrons. The van der Waals surface area contributed by atoms with Gasteiger partial charge in [0.25, 0.3) is 0 Å². The molecule has 0 aliphatic heterocycles. The summed E-state index contributed by atoms with van der Waals surface area (Å²) in [6, 6.07) is 10.4. The summed E-state index contributed by atoms with van der Waals surface area (Å²) >= 11 is 0. The SMILES string of the molecule is CCOP(=O)(OCC)/C(C#N)=C\c1ccc(C#N)cc1. The van der Waals surface area contributed by atoms with Gasteiger partial charge in [-0.3, -0.25) is 4.57 Å². The van der Waals surface area contributed by atoms with E-state index in [-0.39, 0.29) is 18.5 Å². The number of hydrogen-bond acceptors (Lipinski definition) is 5. The molecule has 0 N–H and O–H groups in total. The van der Waals surface area contributed by atoms with Crippen molar-refractivity contribution in [1.29, 1.82) is 10.5 Å². The number of benzene rings is 1. The standard InChI is InChI=1S/C14H15N2O3P/c1-3-18-20(17,19-4-2)14(11-16)9-12-5-7-13(10-15)8-6-12/h5-9H,3-4H2,1-2H3/b14-9-. The van der Waals surface area contributed by atoms with Crippen LogP contribution in [0, 0.1) is 22.7 Å². The highest BCUT2D eigenvalue weighted by Crippen LogP contribution is 2.56. The number of nitriles is 2. The van der Waals surface area contributed by atoms with Crippen molar-refractivity contribution in [2.75, 3.05) is 13.2 Å². The van der Waals surface area contributed by atoms with Crippen molar-refractivity contribution in [2.24, 2.45) is 0 Å². The third kappa shape index (κ3) is 4.05. The lowest BCUT2D eigenvalue weighted by Crippen LogP contribution is -1.97. The van der Waals surface area contributed by atoms with Crippen molar-refractivity contribution in [3.05, 3.63) is 40.7 Å². The minimum absolute atomic E-state index is 0.0501. The fourth-order valence-corrected chi connectivity index (χ4v) is 2.96. The summed E-state index contributed by atoms with van der Waals surface area (Å²) in [7, 11) is -3.58. The van der Waals surface area contributed by atoms with Gasteiger partial charge in [0.1, 0.15) is 11.4 Å². The first-order valence-corrected chi connectivity index (χ1v) is 7.65. The van der Waals surface area contributed by atoms with Gasteiger partial charge in [0.2, 0.25) is 0 Å². The van der Waals surface area contributed by atoms with E-state index in [1.165, 1.54) is 6.08 Å². The minimum atomic E-state index is -3.58. The summed E-state index contributed by atoms with van der Waals surface area (Å²) in [6.07, 6.45) is 1.45. The van der Waals surface area contributed by atoms with Crippen molar-refractivity contribution in [3.8, 4) is 12.1 Å². The van der Waals surface area contributed by atoms with Gasteiger partial charge in [-0.25, -0.2) is 0 Å². The Morgan fingerprint density at radius 1 is 1.20 bits per heavy atom. The van der Waals surface area contributed by atoms with E-state index in [0.717, 1.165) is 0 Å². The lowest BCUT2D eigenvalue weighted by Gasteiger charge is -2.15. The average Bonchev–Trinajstić information content (AvgIpc) is 2.45. The van der Waals surface area contributed by atoms with Crippen LogP contribution >= 0.6 is 7.60 Å². The van der Waals surface area contributed by atoms with E-state index in [9.17, 15) is 9.83 Å². The maximum atomic E-state index is 12.5. The van der Waals surface area contributed by atoms with Crippen LogP contribution in [0.3, 0.4) is 0 Å². The zero-order chi connectivity index (χ0) is 15.0. The highest BCUT2D eigenvalue weighted by Gasteiger charge is 2.29. The monoisotopic (exact) mass is 290 g/mol. The van der Waals surface area contributed by atoms with E-state index in [1.807, 2.05) is 12.1 Å². The van der Waals surface area contributed by atoms with Crippen LogP contribution in [-0.2, 0) is 13.6 Å². The molecule has 0 fully saturated rings. The number of nitrogens with zero attached hydrogens (tertiary/aromatic N) is 2. The molecule has 104 valence electrons. The fraction of sp³-hybridized carbons (Fsp3) is 0.286. The zero-order valence-corrected chi connectivity index (χ0v) is 12.3. The Labute approximate surface area is 118 Å². The van der Waals surface area contributed by atoms with Crippen LogP contribution in [-0.4, -0.2) is 13.2 Å². The Kier molecular flexibility index (Phi) is 6.15. The van der Waals surface area contributed by atoms with Gasteiger partial charge in [-0.2, -0.15) is 10.5 Å². The Morgan fingerprint density at radius 2 is 1.75 bits per heavy atom. The molecule has 1 aromatic rings. The van der Waals surface area contributed by atoms with Gasteiger partial charge in [-0.1, -0.05) is 12.1 Å². The predicted molar refractivity (Wildman–Crippen MR) is 75.6 cm³/mol. The molecular weight excluding hydrogens is 275 g/mol. The zero-order valence-electron chi connectivity index (χ0n) is 11.4. The Balaban J connectivity index is 3.16. The Bertz CT molecular complexity index is 599. The lowest BCUT2D eigenvalue weighted by molar-refractivity contribution is 0.227. The minimum Gasteiger partial charge on any atom is -0.305 e. The van der Waals surface area contributed by atoms with E-state index in [2.05, 4.69) is 0 Å². The summed E-state index contributed by atoms with van der Waals surface area (Å²) in [6.45, 7) is 3.73. The quantitative estimate of drug-likeness (QED) is 0.589. The van der Waals surface area contributed by atoms with Gasteiger partial charge in [-0.15, -0.1) is 0 Å². The van der Waals surface area contributed by atoms with E-state index in [0.29, 0.717) is 11.1 Å². The molecular formula is C14H15N2O3P. The molecule has 0 aliphatic rings. The summed E-state index contributed by atoms with van der Waals surface area (Å²) in [5.74, 6) is 0. The molecule has 6 heteroatoms. The molecule has 0 aromatic heterocycles. The van der Waals surface area contributed by atoms with Crippen LogP contribution in [0.25, 0.3) is 6.08 Å². The van der Waals surface area contributed by atoms with Gasteiger partial charge < -0.3 is 9.05 Å². The lowest BCUT2D eigenvalue weighted by atomic mass is 10.1. The second-order valence-corrected chi connectivity index (χ2v) is 5.70. The third-order valence-electron chi connectivity index (χ3n) is 2.35. The maximum absolute atomic E-state index is 12.5. The Morgan fingerprint density at radius 3 is 2.15 bits per heavy atom. The second-order valence-electron chi connectivity index (χ2n) is 3.71. The molecule has 0 amide bonds. The maximum Gasteiger partial charge on any atom is 0.371 e. The van der Waals surface area contributed by atoms with Gasteiger partial charge in [0, 0.05) is 0 Å². The molecule has 1 aromatic carbocycles. The first-order chi connectivity index (χ1) is 9.59. The molecule has 0 heterocycles. The summed E-state index contributed by atoms with van der Waals surface area (Å²) in [4.78, 5) is 0. The van der Waals surface area contributed by atoms with E-state index in [4.69, 9.17) is 14.3 Å². The van der Waals surface area contributed by atoms with Gasteiger partial charge in [0.15, 0.2) is 0 Å². The van der Waals surface area contributed by atoms with Gasteiger partial charge >= 0.3 is 7.60 Å². The molecule has 0 saturated carbocycles. The summed E-state index contributed by atoms with van der Waals surface area (Å²) in [5.41, 5.74) is 1.17. The number of allylic oxidation sites excluding steroid dienone is 1. The third-order valence-corrected chi connectivity index (χ3v) is 4.37. The second kappa shape index (κ2) is 7.62. The van der Waals surface area contributed by atoms with Crippen molar-refractivity contribution < 1.29 is 13.6 Å².